The van der Waals surface area contributed by atoms with Gasteiger partial charge in [0.1, 0.15) is 5.03 Å². The molecule has 2 aromatic rings. The summed E-state index contributed by atoms with van der Waals surface area (Å²) in [5, 5.41) is 0.832. The molecule has 4 N–H and O–H groups in total. The second-order valence-corrected chi connectivity index (χ2v) is 5.54. The van der Waals surface area contributed by atoms with Crippen molar-refractivity contribution in [2.75, 3.05) is 5.73 Å². The minimum absolute atomic E-state index is 0.331. The number of benzene rings is 1. The molecule has 0 aliphatic carbocycles. The van der Waals surface area contributed by atoms with Crippen molar-refractivity contribution in [2.45, 2.75) is 9.92 Å². The molecule has 0 radical (unpaired) electrons. The van der Waals surface area contributed by atoms with Crippen LogP contribution in [0.4, 0.5) is 5.69 Å². The lowest BCUT2D eigenvalue weighted by molar-refractivity contribution is 0.100. The molecule has 0 atom stereocenters. The molecule has 18 heavy (non-hydrogen) atoms. The Kier molecular flexibility index (Phi) is 3.88. The fraction of sp³-hybridized carbons (Fsp3) is 0. The Morgan fingerprint density at radius 1 is 1.28 bits per heavy atom. The number of carbonyl (C=O) groups excluding carboxylic acids is 1. The minimum Gasteiger partial charge on any atom is -0.398 e. The van der Waals surface area contributed by atoms with Crippen molar-refractivity contribution >= 4 is 39.3 Å². The van der Waals surface area contributed by atoms with Gasteiger partial charge in [0.15, 0.2) is 0 Å². The summed E-state index contributed by atoms with van der Waals surface area (Å²) in [6, 6.07) is 8.96. The summed E-state index contributed by atoms with van der Waals surface area (Å²) in [5.74, 6) is -0.529. The lowest BCUT2D eigenvalue weighted by Crippen LogP contribution is -2.13. The monoisotopic (exact) mass is 323 g/mol. The van der Waals surface area contributed by atoms with Crippen LogP contribution >= 0.6 is 27.7 Å². The van der Waals surface area contributed by atoms with Gasteiger partial charge in [-0.15, -0.1) is 0 Å². The summed E-state index contributed by atoms with van der Waals surface area (Å²) in [6.07, 6.45) is 1.72. The normalized spacial score (nSPS) is 10.3. The first-order chi connectivity index (χ1) is 8.56. The number of amides is 1. The molecule has 1 aromatic heterocycles. The average molecular weight is 324 g/mol. The summed E-state index contributed by atoms with van der Waals surface area (Å²) < 4.78 is 0.919. The fourth-order valence-electron chi connectivity index (χ4n) is 1.36. The molecule has 92 valence electrons. The summed E-state index contributed by atoms with van der Waals surface area (Å²) >= 11 is 4.76. The molecular formula is C12H10BrN3OS. The Morgan fingerprint density at radius 2 is 2.06 bits per heavy atom. The van der Waals surface area contributed by atoms with Gasteiger partial charge in [-0.3, -0.25) is 4.79 Å². The Hall–Kier alpha value is -1.53. The summed E-state index contributed by atoms with van der Waals surface area (Å²) in [5.41, 5.74) is 11.6. The van der Waals surface area contributed by atoms with E-state index in [0.717, 1.165) is 14.4 Å². The van der Waals surface area contributed by atoms with Crippen molar-refractivity contribution in [1.82, 2.24) is 4.98 Å². The van der Waals surface area contributed by atoms with Crippen LogP contribution in [0.15, 0.2) is 50.9 Å². The van der Waals surface area contributed by atoms with Crippen LogP contribution in [0.1, 0.15) is 10.4 Å². The highest BCUT2D eigenvalue weighted by atomic mass is 79.9. The predicted octanol–water partition coefficient (Wildman–Crippen LogP) is 2.68. The molecule has 1 amide bonds. The summed E-state index contributed by atoms with van der Waals surface area (Å²) in [4.78, 5) is 16.3. The number of halogens is 1. The van der Waals surface area contributed by atoms with Gasteiger partial charge in [0.2, 0.25) is 0 Å². The number of pyridine rings is 1. The van der Waals surface area contributed by atoms with E-state index in [1.54, 1.807) is 18.3 Å². The second kappa shape index (κ2) is 5.41. The van der Waals surface area contributed by atoms with Gasteiger partial charge >= 0.3 is 0 Å². The Labute approximate surface area is 117 Å². The zero-order chi connectivity index (χ0) is 13.1. The second-order valence-electron chi connectivity index (χ2n) is 3.53. The fourth-order valence-corrected chi connectivity index (χ4v) is 2.39. The molecule has 1 heterocycles. The maximum atomic E-state index is 11.2. The standard InChI is InChI=1S/C12H10BrN3OS/c13-7-1-4-11(16-6-7)18-8-2-3-10(14)9(5-8)12(15)17/h1-6H,14H2,(H2,15,17). The number of nitrogen functional groups attached to an aromatic ring is 1. The lowest BCUT2D eigenvalue weighted by atomic mass is 10.2. The number of nitrogens with zero attached hydrogens (tertiary/aromatic N) is 1. The molecule has 2 rings (SSSR count). The first-order valence-corrected chi connectivity index (χ1v) is 6.66. The third-order valence-electron chi connectivity index (χ3n) is 2.21. The van der Waals surface area contributed by atoms with Crippen molar-refractivity contribution in [3.63, 3.8) is 0 Å². The molecule has 0 aliphatic rings. The molecule has 0 saturated carbocycles. The van der Waals surface area contributed by atoms with Crippen molar-refractivity contribution in [3.05, 3.63) is 46.6 Å². The Morgan fingerprint density at radius 3 is 2.67 bits per heavy atom. The van der Waals surface area contributed by atoms with Crippen LogP contribution in [0.3, 0.4) is 0 Å². The number of hydrogen-bond acceptors (Lipinski definition) is 4. The SMILES string of the molecule is NC(=O)c1cc(Sc2ccc(Br)cn2)ccc1N. The molecule has 0 unspecified atom stereocenters. The number of nitrogens with two attached hydrogens (primary N) is 2. The summed E-state index contributed by atoms with van der Waals surface area (Å²) in [7, 11) is 0. The zero-order valence-electron chi connectivity index (χ0n) is 9.26. The van der Waals surface area contributed by atoms with E-state index in [-0.39, 0.29) is 0 Å². The zero-order valence-corrected chi connectivity index (χ0v) is 11.7. The van der Waals surface area contributed by atoms with Crippen LogP contribution < -0.4 is 11.5 Å². The van der Waals surface area contributed by atoms with Gasteiger partial charge < -0.3 is 11.5 Å². The van der Waals surface area contributed by atoms with Crippen molar-refractivity contribution in [2.24, 2.45) is 5.73 Å². The highest BCUT2D eigenvalue weighted by Gasteiger charge is 2.08. The number of carbonyl (C=O) groups is 1. The van der Waals surface area contributed by atoms with Gasteiger partial charge in [0.05, 0.1) is 5.56 Å². The molecule has 1 aromatic carbocycles. The van der Waals surface area contributed by atoms with Crippen LogP contribution in [0, 0.1) is 0 Å². The number of aromatic nitrogens is 1. The van der Waals surface area contributed by atoms with Crippen LogP contribution in [0.2, 0.25) is 0 Å². The molecule has 0 bridgehead atoms. The highest BCUT2D eigenvalue weighted by Crippen LogP contribution is 2.28. The maximum Gasteiger partial charge on any atom is 0.250 e. The van der Waals surface area contributed by atoms with E-state index >= 15 is 0 Å². The van der Waals surface area contributed by atoms with Crippen LogP contribution in [0.25, 0.3) is 0 Å². The van der Waals surface area contributed by atoms with Gasteiger partial charge in [0.25, 0.3) is 5.91 Å². The maximum absolute atomic E-state index is 11.2. The van der Waals surface area contributed by atoms with Gasteiger partial charge in [-0.25, -0.2) is 4.98 Å². The number of primary amides is 1. The smallest absolute Gasteiger partial charge is 0.250 e. The molecule has 0 fully saturated rings. The number of anilines is 1. The van der Waals surface area contributed by atoms with Crippen molar-refractivity contribution in [3.8, 4) is 0 Å². The molecule has 0 aliphatic heterocycles. The van der Waals surface area contributed by atoms with E-state index in [1.807, 2.05) is 18.2 Å². The summed E-state index contributed by atoms with van der Waals surface area (Å²) in [6.45, 7) is 0. The van der Waals surface area contributed by atoms with Crippen LogP contribution in [-0.4, -0.2) is 10.9 Å². The Balaban J connectivity index is 2.27. The van der Waals surface area contributed by atoms with Crippen molar-refractivity contribution in [1.29, 1.82) is 0 Å². The quantitative estimate of drug-likeness (QED) is 0.851. The predicted molar refractivity (Wildman–Crippen MR) is 75.4 cm³/mol. The van der Waals surface area contributed by atoms with E-state index < -0.39 is 5.91 Å². The van der Waals surface area contributed by atoms with E-state index in [0.29, 0.717) is 11.3 Å². The van der Waals surface area contributed by atoms with Gasteiger partial charge in [-0.2, -0.15) is 0 Å². The first kappa shape index (κ1) is 12.9. The van der Waals surface area contributed by atoms with E-state index in [1.165, 1.54) is 11.8 Å². The molecule has 0 spiro atoms. The third kappa shape index (κ3) is 3.02. The molecular weight excluding hydrogens is 314 g/mol. The largest absolute Gasteiger partial charge is 0.398 e. The molecule has 4 nitrogen and oxygen atoms in total. The van der Waals surface area contributed by atoms with Crippen LogP contribution in [0.5, 0.6) is 0 Å². The highest BCUT2D eigenvalue weighted by molar-refractivity contribution is 9.10. The van der Waals surface area contributed by atoms with Crippen molar-refractivity contribution < 1.29 is 4.79 Å². The number of hydrogen-bond donors (Lipinski definition) is 2. The van der Waals surface area contributed by atoms with Gasteiger partial charge in [0, 0.05) is 21.3 Å². The Bertz CT molecular complexity index is 586. The van der Waals surface area contributed by atoms with Gasteiger partial charge in [-0.1, -0.05) is 11.8 Å². The minimum atomic E-state index is -0.529. The molecule has 6 heteroatoms. The topological polar surface area (TPSA) is 82.0 Å². The third-order valence-corrected chi connectivity index (χ3v) is 3.62. The lowest BCUT2D eigenvalue weighted by Gasteiger charge is -2.05. The van der Waals surface area contributed by atoms with Gasteiger partial charge in [-0.05, 0) is 46.3 Å². The first-order valence-electron chi connectivity index (χ1n) is 5.05. The van der Waals surface area contributed by atoms with E-state index in [4.69, 9.17) is 11.5 Å². The van der Waals surface area contributed by atoms with E-state index in [9.17, 15) is 4.79 Å². The molecule has 0 saturated heterocycles. The number of rotatable bonds is 3. The van der Waals surface area contributed by atoms with Crippen LogP contribution in [-0.2, 0) is 0 Å². The van der Waals surface area contributed by atoms with E-state index in [2.05, 4.69) is 20.9 Å². The average Bonchev–Trinajstić information content (AvgIpc) is 2.34.